The van der Waals surface area contributed by atoms with Crippen LogP contribution >= 0.6 is 11.6 Å². The molecule has 0 amide bonds. The summed E-state index contributed by atoms with van der Waals surface area (Å²) in [7, 11) is 0. The van der Waals surface area contributed by atoms with Crippen molar-refractivity contribution in [2.75, 3.05) is 6.54 Å². The molecule has 2 fully saturated rings. The second-order valence-corrected chi connectivity index (χ2v) is 7.13. The number of hydrogen-bond acceptors (Lipinski definition) is 2. The van der Waals surface area contributed by atoms with Crippen molar-refractivity contribution < 1.29 is 0 Å². The Morgan fingerprint density at radius 1 is 1.10 bits per heavy atom. The smallest absolute Gasteiger partial charge is 0.0406 e. The second kappa shape index (κ2) is 7.13. The van der Waals surface area contributed by atoms with E-state index in [1.807, 2.05) is 12.1 Å². The predicted molar refractivity (Wildman–Crippen MR) is 89.8 cm³/mol. The molecular weight excluding hydrogens is 280 g/mol. The van der Waals surface area contributed by atoms with Crippen molar-refractivity contribution in [2.45, 2.75) is 63.6 Å². The number of piperidine rings is 1. The highest BCUT2D eigenvalue weighted by molar-refractivity contribution is 6.30. The average molecular weight is 307 g/mol. The molecule has 2 nitrogen and oxygen atoms in total. The summed E-state index contributed by atoms with van der Waals surface area (Å²) in [4.78, 5) is 0. The number of hydrogen-bond donors (Lipinski definition) is 2. The van der Waals surface area contributed by atoms with Gasteiger partial charge < -0.3 is 10.6 Å². The van der Waals surface area contributed by atoms with Crippen molar-refractivity contribution in [3.05, 3.63) is 34.9 Å². The summed E-state index contributed by atoms with van der Waals surface area (Å²) in [5, 5.41) is 8.45. The average Bonchev–Trinajstić information content (AvgIpc) is 2.97. The van der Waals surface area contributed by atoms with Gasteiger partial charge in [0.25, 0.3) is 0 Å². The zero-order valence-corrected chi connectivity index (χ0v) is 13.7. The van der Waals surface area contributed by atoms with Crippen molar-refractivity contribution in [2.24, 2.45) is 5.92 Å². The fourth-order valence-corrected chi connectivity index (χ4v) is 4.22. The third-order valence-corrected chi connectivity index (χ3v) is 5.52. The maximum Gasteiger partial charge on any atom is 0.0406 e. The van der Waals surface area contributed by atoms with Gasteiger partial charge in [0, 0.05) is 23.1 Å². The molecule has 2 N–H and O–H groups in total. The Bertz CT molecular complexity index is 439. The number of nitrogens with one attached hydrogen (secondary N) is 2. The molecule has 0 bridgehead atoms. The van der Waals surface area contributed by atoms with Crippen LogP contribution in [0.4, 0.5) is 0 Å². The van der Waals surface area contributed by atoms with E-state index < -0.39 is 0 Å². The van der Waals surface area contributed by atoms with E-state index in [9.17, 15) is 0 Å². The molecule has 116 valence electrons. The molecule has 1 aliphatic heterocycles. The zero-order chi connectivity index (χ0) is 14.7. The largest absolute Gasteiger partial charge is 0.314 e. The lowest BCUT2D eigenvalue weighted by atomic mass is 9.88. The number of benzene rings is 1. The fourth-order valence-electron chi connectivity index (χ4n) is 4.09. The Morgan fingerprint density at radius 2 is 1.90 bits per heavy atom. The van der Waals surface area contributed by atoms with Crippen molar-refractivity contribution in [1.82, 2.24) is 10.6 Å². The quantitative estimate of drug-likeness (QED) is 0.866. The first-order valence-electron chi connectivity index (χ1n) is 8.49. The summed E-state index contributed by atoms with van der Waals surface area (Å²) in [5.41, 5.74) is 1.33. The van der Waals surface area contributed by atoms with E-state index in [-0.39, 0.29) is 0 Å². The minimum Gasteiger partial charge on any atom is -0.314 e. The lowest BCUT2D eigenvalue weighted by Gasteiger charge is -2.34. The van der Waals surface area contributed by atoms with Gasteiger partial charge in [-0.15, -0.1) is 0 Å². The minimum absolute atomic E-state index is 0.399. The van der Waals surface area contributed by atoms with E-state index in [0.29, 0.717) is 12.1 Å². The van der Waals surface area contributed by atoms with Gasteiger partial charge in [-0.25, -0.2) is 0 Å². The summed E-state index contributed by atoms with van der Waals surface area (Å²) in [6, 6.07) is 10.1. The van der Waals surface area contributed by atoms with Crippen LogP contribution < -0.4 is 10.6 Å². The van der Waals surface area contributed by atoms with Gasteiger partial charge in [0.05, 0.1) is 0 Å². The van der Waals surface area contributed by atoms with Crippen LogP contribution in [-0.4, -0.2) is 18.6 Å². The normalized spacial score (nSPS) is 31.2. The van der Waals surface area contributed by atoms with E-state index in [0.717, 1.165) is 17.0 Å². The predicted octanol–water partition coefficient (Wildman–Crippen LogP) is 4.30. The third-order valence-electron chi connectivity index (χ3n) is 5.27. The monoisotopic (exact) mass is 306 g/mol. The molecule has 21 heavy (non-hydrogen) atoms. The third kappa shape index (κ3) is 3.80. The van der Waals surface area contributed by atoms with Gasteiger partial charge in [-0.1, -0.05) is 36.6 Å². The molecule has 1 aromatic carbocycles. The van der Waals surface area contributed by atoms with Crippen molar-refractivity contribution in [3.8, 4) is 0 Å². The Morgan fingerprint density at radius 3 is 2.62 bits per heavy atom. The molecule has 0 aromatic heterocycles. The first-order valence-corrected chi connectivity index (χ1v) is 8.87. The molecule has 1 aromatic rings. The van der Waals surface area contributed by atoms with E-state index in [1.54, 1.807) is 0 Å². The molecule has 0 radical (unpaired) electrons. The van der Waals surface area contributed by atoms with Crippen LogP contribution in [-0.2, 0) is 0 Å². The summed E-state index contributed by atoms with van der Waals surface area (Å²) in [5.74, 6) is 0.806. The van der Waals surface area contributed by atoms with E-state index in [2.05, 4.69) is 29.7 Å². The summed E-state index contributed by atoms with van der Waals surface area (Å²) >= 11 is 5.98. The maximum absolute atomic E-state index is 5.98. The van der Waals surface area contributed by atoms with Gasteiger partial charge in [0.15, 0.2) is 0 Å². The Balaban J connectivity index is 1.61. The summed E-state index contributed by atoms with van der Waals surface area (Å²) < 4.78 is 0. The second-order valence-electron chi connectivity index (χ2n) is 6.70. The van der Waals surface area contributed by atoms with Crippen molar-refractivity contribution in [3.63, 3.8) is 0 Å². The molecule has 1 heterocycles. The first-order chi connectivity index (χ1) is 10.2. The molecule has 2 aliphatic rings. The van der Waals surface area contributed by atoms with Gasteiger partial charge in [-0.05, 0) is 62.8 Å². The van der Waals surface area contributed by atoms with Gasteiger partial charge in [0.1, 0.15) is 0 Å². The van der Waals surface area contributed by atoms with Gasteiger partial charge in [-0.2, -0.15) is 0 Å². The van der Waals surface area contributed by atoms with Gasteiger partial charge in [0.2, 0.25) is 0 Å². The van der Waals surface area contributed by atoms with Crippen LogP contribution in [0.15, 0.2) is 24.3 Å². The minimum atomic E-state index is 0.399. The van der Waals surface area contributed by atoms with Crippen LogP contribution in [0, 0.1) is 5.92 Å². The zero-order valence-electron chi connectivity index (χ0n) is 12.9. The molecule has 1 saturated carbocycles. The maximum atomic E-state index is 5.98. The van der Waals surface area contributed by atoms with Crippen molar-refractivity contribution >= 4 is 11.6 Å². The van der Waals surface area contributed by atoms with Gasteiger partial charge in [-0.3, -0.25) is 0 Å². The van der Waals surface area contributed by atoms with E-state index >= 15 is 0 Å². The topological polar surface area (TPSA) is 24.1 Å². The van der Waals surface area contributed by atoms with Crippen LogP contribution in [0.1, 0.15) is 57.1 Å². The highest BCUT2D eigenvalue weighted by Gasteiger charge is 2.34. The Hall–Kier alpha value is -0.570. The molecular formula is C18H27ClN2. The number of halogens is 1. The Kier molecular flexibility index (Phi) is 5.20. The van der Waals surface area contributed by atoms with Crippen molar-refractivity contribution in [1.29, 1.82) is 0 Å². The fraction of sp³-hybridized carbons (Fsp3) is 0.667. The molecule has 0 spiro atoms. The molecule has 3 unspecified atom stereocenters. The lowest BCUT2D eigenvalue weighted by molar-refractivity contribution is 0.248. The molecule has 3 rings (SSSR count). The first kappa shape index (κ1) is 15.3. The highest BCUT2D eigenvalue weighted by atomic mass is 35.5. The SMILES string of the molecule is C[C@H](NC1CCCC1C1CCCCN1)c1ccc(Cl)cc1. The molecule has 3 heteroatoms. The highest BCUT2D eigenvalue weighted by Crippen LogP contribution is 2.33. The molecule has 4 atom stereocenters. The Labute approximate surface area is 133 Å². The van der Waals surface area contributed by atoms with Gasteiger partial charge >= 0.3 is 0 Å². The van der Waals surface area contributed by atoms with Crippen LogP contribution in [0.25, 0.3) is 0 Å². The molecule has 1 saturated heterocycles. The summed E-state index contributed by atoms with van der Waals surface area (Å²) in [6.45, 7) is 3.48. The van der Waals surface area contributed by atoms with Crippen LogP contribution in [0.2, 0.25) is 5.02 Å². The van der Waals surface area contributed by atoms with Crippen LogP contribution in [0.3, 0.4) is 0 Å². The lowest BCUT2D eigenvalue weighted by Crippen LogP contribution is -2.47. The molecule has 1 aliphatic carbocycles. The summed E-state index contributed by atoms with van der Waals surface area (Å²) in [6.07, 6.45) is 8.17. The van der Waals surface area contributed by atoms with E-state index in [4.69, 9.17) is 11.6 Å². The standard InChI is InChI=1S/C18H27ClN2/c1-13(14-8-10-15(19)11-9-14)21-18-7-4-5-16(18)17-6-2-3-12-20-17/h8-11,13,16-18,20-21H,2-7,12H2,1H3/t13-,16?,17?,18?/m0/s1. The number of rotatable bonds is 4. The van der Waals surface area contributed by atoms with E-state index in [1.165, 1.54) is 50.6 Å². The van der Waals surface area contributed by atoms with Crippen LogP contribution in [0.5, 0.6) is 0 Å².